The van der Waals surface area contributed by atoms with Crippen LogP contribution in [0.5, 0.6) is 0 Å². The number of carboxylic acids is 1. The number of methoxy groups -OCH3 is 1. The Morgan fingerprint density at radius 2 is 2.50 bits per heavy atom. The summed E-state index contributed by atoms with van der Waals surface area (Å²) in [6, 6.07) is 0. The van der Waals surface area contributed by atoms with E-state index in [2.05, 4.69) is 9.88 Å². The predicted octanol–water partition coefficient (Wildman–Crippen LogP) is 2.36. The van der Waals surface area contributed by atoms with Crippen molar-refractivity contribution in [3.8, 4) is 0 Å². The van der Waals surface area contributed by atoms with Crippen LogP contribution in [0.1, 0.15) is 22.5 Å². The molecule has 0 aromatic carbocycles. The van der Waals surface area contributed by atoms with Gasteiger partial charge in [0, 0.05) is 20.2 Å². The van der Waals surface area contributed by atoms with Crippen LogP contribution >= 0.6 is 22.9 Å². The lowest BCUT2D eigenvalue weighted by Gasteiger charge is -2.32. The molecule has 2 rings (SSSR count). The van der Waals surface area contributed by atoms with Gasteiger partial charge in [-0.2, -0.15) is 0 Å². The average molecular weight is 291 g/mol. The second-order valence-corrected chi connectivity index (χ2v) is 5.67. The van der Waals surface area contributed by atoms with E-state index >= 15 is 0 Å². The number of aromatic nitrogens is 1. The van der Waals surface area contributed by atoms with Crippen LogP contribution in [-0.2, 0) is 4.74 Å². The lowest BCUT2D eigenvalue weighted by molar-refractivity contribution is 0.0702. The first-order valence-corrected chi connectivity index (χ1v) is 6.94. The van der Waals surface area contributed by atoms with Gasteiger partial charge in [-0.05, 0) is 18.8 Å². The molecule has 0 amide bonds. The highest BCUT2D eigenvalue weighted by molar-refractivity contribution is 7.18. The van der Waals surface area contributed by atoms with Crippen molar-refractivity contribution in [3.05, 3.63) is 10.0 Å². The molecule has 0 bridgehead atoms. The number of carboxylic acid groups (broad SMARTS) is 1. The van der Waals surface area contributed by atoms with Gasteiger partial charge in [0.2, 0.25) is 0 Å². The molecular formula is C11H15ClN2O3S. The third kappa shape index (κ3) is 2.93. The quantitative estimate of drug-likeness (QED) is 0.922. The SMILES string of the molecule is COCC1CCCN(c2nc(Cl)c(C(=O)O)s2)C1. The van der Waals surface area contributed by atoms with Gasteiger partial charge in [-0.25, -0.2) is 9.78 Å². The monoisotopic (exact) mass is 290 g/mol. The Kier molecular flexibility index (Phi) is 4.42. The summed E-state index contributed by atoms with van der Waals surface area (Å²) >= 11 is 6.96. The summed E-state index contributed by atoms with van der Waals surface area (Å²) in [4.78, 5) is 17.3. The minimum Gasteiger partial charge on any atom is -0.477 e. The van der Waals surface area contributed by atoms with E-state index in [1.54, 1.807) is 7.11 Å². The highest BCUT2D eigenvalue weighted by atomic mass is 35.5. The number of aromatic carboxylic acids is 1. The molecule has 1 aromatic rings. The topological polar surface area (TPSA) is 62.7 Å². The van der Waals surface area contributed by atoms with Gasteiger partial charge in [0.15, 0.2) is 15.2 Å². The van der Waals surface area contributed by atoms with Gasteiger partial charge >= 0.3 is 5.97 Å². The van der Waals surface area contributed by atoms with Gasteiger partial charge in [-0.3, -0.25) is 0 Å². The molecule has 0 spiro atoms. The van der Waals surface area contributed by atoms with Gasteiger partial charge in [0.05, 0.1) is 6.61 Å². The summed E-state index contributed by atoms with van der Waals surface area (Å²) in [6.07, 6.45) is 2.20. The van der Waals surface area contributed by atoms with Crippen molar-refractivity contribution in [2.24, 2.45) is 5.92 Å². The predicted molar refractivity (Wildman–Crippen MR) is 70.9 cm³/mol. The van der Waals surface area contributed by atoms with E-state index < -0.39 is 5.97 Å². The van der Waals surface area contributed by atoms with Gasteiger partial charge in [-0.1, -0.05) is 22.9 Å². The maximum absolute atomic E-state index is 10.9. The molecule has 1 atom stereocenters. The smallest absolute Gasteiger partial charge is 0.349 e. The highest BCUT2D eigenvalue weighted by Gasteiger charge is 2.24. The molecule has 1 N–H and O–H groups in total. The standard InChI is InChI=1S/C11H15ClN2O3S/c1-17-6-7-3-2-4-14(5-7)11-13-9(12)8(18-11)10(15)16/h7H,2-6H2,1H3,(H,15,16). The Morgan fingerprint density at radius 3 is 3.11 bits per heavy atom. The molecule has 18 heavy (non-hydrogen) atoms. The normalized spacial score (nSPS) is 20.1. The second kappa shape index (κ2) is 5.86. The van der Waals surface area contributed by atoms with Crippen molar-refractivity contribution in [1.82, 2.24) is 4.98 Å². The van der Waals surface area contributed by atoms with Crippen molar-refractivity contribution < 1.29 is 14.6 Å². The Bertz CT molecular complexity index is 436. The zero-order valence-corrected chi connectivity index (χ0v) is 11.6. The van der Waals surface area contributed by atoms with E-state index in [9.17, 15) is 4.79 Å². The fourth-order valence-corrected chi connectivity index (χ4v) is 3.33. The molecule has 1 aliphatic heterocycles. The number of ether oxygens (including phenoxy) is 1. The zero-order chi connectivity index (χ0) is 13.1. The molecule has 1 aliphatic rings. The molecule has 0 saturated carbocycles. The summed E-state index contributed by atoms with van der Waals surface area (Å²) in [7, 11) is 1.70. The number of hydrogen-bond donors (Lipinski definition) is 1. The molecule has 0 aliphatic carbocycles. The van der Waals surface area contributed by atoms with E-state index in [1.807, 2.05) is 0 Å². The van der Waals surface area contributed by atoms with Crippen molar-refractivity contribution in [3.63, 3.8) is 0 Å². The number of thiazole rings is 1. The first-order chi connectivity index (χ1) is 8.61. The molecule has 100 valence electrons. The van der Waals surface area contributed by atoms with Gasteiger partial charge in [0.25, 0.3) is 0 Å². The van der Waals surface area contributed by atoms with Crippen LogP contribution in [0.2, 0.25) is 5.15 Å². The van der Waals surface area contributed by atoms with Crippen molar-refractivity contribution in [1.29, 1.82) is 0 Å². The number of halogens is 1. The Hall–Kier alpha value is -0.850. The molecule has 1 saturated heterocycles. The fourth-order valence-electron chi connectivity index (χ4n) is 2.17. The molecule has 5 nitrogen and oxygen atoms in total. The van der Waals surface area contributed by atoms with Crippen LogP contribution in [0.25, 0.3) is 0 Å². The largest absolute Gasteiger partial charge is 0.477 e. The first kappa shape index (κ1) is 13.6. The maximum Gasteiger partial charge on any atom is 0.349 e. The van der Waals surface area contributed by atoms with Crippen LogP contribution in [0, 0.1) is 5.92 Å². The molecule has 1 fully saturated rings. The van der Waals surface area contributed by atoms with E-state index in [1.165, 1.54) is 0 Å². The van der Waals surface area contributed by atoms with Crippen LogP contribution in [0.15, 0.2) is 0 Å². The summed E-state index contributed by atoms with van der Waals surface area (Å²) in [5, 5.41) is 9.73. The third-order valence-electron chi connectivity index (χ3n) is 2.96. The average Bonchev–Trinajstić information content (AvgIpc) is 2.72. The van der Waals surface area contributed by atoms with Gasteiger partial charge in [0.1, 0.15) is 0 Å². The van der Waals surface area contributed by atoms with Crippen molar-refractivity contribution in [2.45, 2.75) is 12.8 Å². The second-order valence-electron chi connectivity index (χ2n) is 4.33. The third-order valence-corrected chi connectivity index (χ3v) is 4.45. The van der Waals surface area contributed by atoms with E-state index in [0.717, 1.165) is 43.9 Å². The van der Waals surface area contributed by atoms with Crippen LogP contribution < -0.4 is 4.90 Å². The fraction of sp³-hybridized carbons (Fsp3) is 0.636. The van der Waals surface area contributed by atoms with Crippen LogP contribution in [-0.4, -0.2) is 42.9 Å². The van der Waals surface area contributed by atoms with Crippen molar-refractivity contribution >= 4 is 34.0 Å². The summed E-state index contributed by atoms with van der Waals surface area (Å²) in [5.74, 6) is -0.547. The Balaban J connectivity index is 2.11. The molecule has 7 heteroatoms. The van der Waals surface area contributed by atoms with Gasteiger partial charge < -0.3 is 14.7 Å². The zero-order valence-electron chi connectivity index (χ0n) is 10.1. The minimum atomic E-state index is -1.02. The summed E-state index contributed by atoms with van der Waals surface area (Å²) in [5.41, 5.74) is 0. The first-order valence-electron chi connectivity index (χ1n) is 5.75. The molecular weight excluding hydrogens is 276 g/mol. The lowest BCUT2D eigenvalue weighted by Crippen LogP contribution is -2.37. The number of rotatable bonds is 4. The van der Waals surface area contributed by atoms with Crippen molar-refractivity contribution in [2.75, 3.05) is 31.7 Å². The molecule has 2 heterocycles. The minimum absolute atomic E-state index is 0.0800. The number of piperidine rings is 1. The summed E-state index contributed by atoms with van der Waals surface area (Å²) < 4.78 is 5.17. The van der Waals surface area contributed by atoms with E-state index in [-0.39, 0.29) is 10.0 Å². The van der Waals surface area contributed by atoms with Crippen LogP contribution in [0.4, 0.5) is 5.13 Å². The lowest BCUT2D eigenvalue weighted by atomic mass is 9.99. The highest BCUT2D eigenvalue weighted by Crippen LogP contribution is 2.32. The van der Waals surface area contributed by atoms with E-state index in [4.69, 9.17) is 21.4 Å². The number of nitrogens with zero attached hydrogens (tertiary/aromatic N) is 2. The Morgan fingerprint density at radius 1 is 1.72 bits per heavy atom. The number of hydrogen-bond acceptors (Lipinski definition) is 5. The van der Waals surface area contributed by atoms with Gasteiger partial charge in [-0.15, -0.1) is 0 Å². The molecule has 0 radical (unpaired) electrons. The molecule has 1 aromatic heterocycles. The molecule has 1 unspecified atom stereocenters. The number of anilines is 1. The Labute approximate surface area is 114 Å². The maximum atomic E-state index is 10.9. The number of carbonyl (C=O) groups is 1. The van der Waals surface area contributed by atoms with Crippen LogP contribution in [0.3, 0.4) is 0 Å². The van der Waals surface area contributed by atoms with E-state index in [0.29, 0.717) is 11.0 Å². The summed E-state index contributed by atoms with van der Waals surface area (Å²) in [6.45, 7) is 2.46.